The van der Waals surface area contributed by atoms with E-state index in [-0.39, 0.29) is 11.7 Å². The largest absolute Gasteiger partial charge is 0.390 e. The van der Waals surface area contributed by atoms with Gasteiger partial charge in [-0.3, -0.25) is 4.79 Å². The van der Waals surface area contributed by atoms with Crippen molar-refractivity contribution in [3.63, 3.8) is 0 Å². The normalized spacial score (nSPS) is 41.9. The van der Waals surface area contributed by atoms with E-state index in [0.717, 1.165) is 12.8 Å². The van der Waals surface area contributed by atoms with Crippen LogP contribution in [0, 0.1) is 5.92 Å². The molecule has 1 N–H and O–H groups in total. The van der Waals surface area contributed by atoms with Gasteiger partial charge in [-0.15, -0.1) is 0 Å². The topological polar surface area (TPSA) is 37.3 Å². The summed E-state index contributed by atoms with van der Waals surface area (Å²) in [5.41, 5.74) is -0.719. The van der Waals surface area contributed by atoms with Crippen molar-refractivity contribution >= 4 is 5.78 Å². The Bertz CT molecular complexity index is 149. The predicted octanol–water partition coefficient (Wildman–Crippen LogP) is 1.13. The Morgan fingerprint density at radius 1 is 1.70 bits per heavy atom. The Kier molecular flexibility index (Phi) is 1.82. The van der Waals surface area contributed by atoms with Gasteiger partial charge in [0.15, 0.2) is 0 Å². The average Bonchev–Trinajstić information content (AvgIpc) is 1.79. The summed E-state index contributed by atoms with van der Waals surface area (Å²) < 4.78 is 0. The molecule has 1 saturated carbocycles. The van der Waals surface area contributed by atoms with Gasteiger partial charge >= 0.3 is 0 Å². The SMILES string of the molecule is CC1CCC(C)(O)CC1=O. The number of carbonyl (C=O) groups excluding carboxylic acids is 1. The molecule has 0 bridgehead atoms. The minimum Gasteiger partial charge on any atom is -0.390 e. The molecular formula is C8H14O2. The Labute approximate surface area is 61.2 Å². The van der Waals surface area contributed by atoms with Gasteiger partial charge in [0.1, 0.15) is 5.78 Å². The second kappa shape index (κ2) is 2.35. The lowest BCUT2D eigenvalue weighted by molar-refractivity contribution is -0.131. The highest BCUT2D eigenvalue weighted by molar-refractivity contribution is 5.82. The highest BCUT2D eigenvalue weighted by atomic mass is 16.3. The van der Waals surface area contributed by atoms with Crippen LogP contribution in [0.1, 0.15) is 33.1 Å². The number of hydrogen-bond acceptors (Lipinski definition) is 2. The number of Topliss-reactive ketones (excluding diaryl/α,β-unsaturated/α-hetero) is 1. The molecule has 1 aliphatic carbocycles. The second-order valence-electron chi connectivity index (χ2n) is 3.58. The van der Waals surface area contributed by atoms with Gasteiger partial charge < -0.3 is 5.11 Å². The van der Waals surface area contributed by atoms with Gasteiger partial charge in [0.25, 0.3) is 0 Å². The van der Waals surface area contributed by atoms with E-state index in [2.05, 4.69) is 0 Å². The fourth-order valence-corrected chi connectivity index (χ4v) is 1.33. The first-order chi connectivity index (χ1) is 4.51. The van der Waals surface area contributed by atoms with Crippen molar-refractivity contribution in [3.05, 3.63) is 0 Å². The highest BCUT2D eigenvalue weighted by Crippen LogP contribution is 2.28. The molecule has 0 aromatic carbocycles. The van der Waals surface area contributed by atoms with E-state index in [0.29, 0.717) is 6.42 Å². The first-order valence-electron chi connectivity index (χ1n) is 3.76. The lowest BCUT2D eigenvalue weighted by atomic mass is 9.80. The molecule has 2 unspecified atom stereocenters. The molecular weight excluding hydrogens is 128 g/mol. The minimum absolute atomic E-state index is 0.167. The van der Waals surface area contributed by atoms with Crippen molar-refractivity contribution in [2.45, 2.75) is 38.7 Å². The maximum atomic E-state index is 11.0. The molecule has 0 aliphatic heterocycles. The summed E-state index contributed by atoms with van der Waals surface area (Å²) in [5, 5.41) is 9.44. The average molecular weight is 142 g/mol. The molecule has 1 rings (SSSR count). The van der Waals surface area contributed by atoms with Gasteiger partial charge in [-0.1, -0.05) is 6.92 Å². The molecule has 10 heavy (non-hydrogen) atoms. The standard InChI is InChI=1S/C8H14O2/c1-6-3-4-8(2,10)5-7(6)9/h6,10H,3-5H2,1-2H3. The molecule has 58 valence electrons. The van der Waals surface area contributed by atoms with Crippen LogP contribution >= 0.6 is 0 Å². The zero-order valence-electron chi connectivity index (χ0n) is 6.55. The summed E-state index contributed by atoms with van der Waals surface area (Å²) in [6.45, 7) is 3.66. The number of rotatable bonds is 0. The monoisotopic (exact) mass is 142 g/mol. The van der Waals surface area contributed by atoms with Crippen molar-refractivity contribution in [3.8, 4) is 0 Å². The summed E-state index contributed by atoms with van der Waals surface area (Å²) in [5.74, 6) is 0.372. The summed E-state index contributed by atoms with van der Waals surface area (Å²) >= 11 is 0. The first-order valence-corrected chi connectivity index (χ1v) is 3.76. The number of hydrogen-bond donors (Lipinski definition) is 1. The molecule has 0 spiro atoms. The van der Waals surface area contributed by atoms with E-state index in [1.165, 1.54) is 0 Å². The van der Waals surface area contributed by atoms with Crippen molar-refractivity contribution < 1.29 is 9.90 Å². The maximum Gasteiger partial charge on any atom is 0.138 e. The zero-order chi connectivity index (χ0) is 7.78. The number of ketones is 1. The van der Waals surface area contributed by atoms with Crippen LogP contribution in [0.3, 0.4) is 0 Å². The zero-order valence-corrected chi connectivity index (χ0v) is 6.55. The summed E-state index contributed by atoms with van der Waals surface area (Å²) in [7, 11) is 0. The van der Waals surface area contributed by atoms with Gasteiger partial charge in [-0.25, -0.2) is 0 Å². The van der Waals surface area contributed by atoms with Gasteiger partial charge in [0.2, 0.25) is 0 Å². The van der Waals surface area contributed by atoms with E-state index in [4.69, 9.17) is 0 Å². The quantitative estimate of drug-likeness (QED) is 0.550. The Morgan fingerprint density at radius 2 is 2.30 bits per heavy atom. The third kappa shape index (κ3) is 1.57. The van der Waals surface area contributed by atoms with Gasteiger partial charge in [-0.2, -0.15) is 0 Å². The maximum absolute atomic E-state index is 11.0. The van der Waals surface area contributed by atoms with Crippen molar-refractivity contribution in [2.75, 3.05) is 0 Å². The first kappa shape index (κ1) is 7.73. The summed E-state index contributed by atoms with van der Waals surface area (Å²) in [6.07, 6.45) is 1.94. The Morgan fingerprint density at radius 3 is 2.70 bits per heavy atom. The minimum atomic E-state index is -0.719. The molecule has 0 saturated heterocycles. The van der Waals surface area contributed by atoms with E-state index in [1.807, 2.05) is 6.92 Å². The molecule has 1 fully saturated rings. The van der Waals surface area contributed by atoms with E-state index < -0.39 is 5.60 Å². The van der Waals surface area contributed by atoms with Crippen LogP contribution < -0.4 is 0 Å². The Hall–Kier alpha value is -0.370. The van der Waals surface area contributed by atoms with E-state index in [9.17, 15) is 9.90 Å². The van der Waals surface area contributed by atoms with Crippen LogP contribution in [-0.4, -0.2) is 16.5 Å². The van der Waals surface area contributed by atoms with Crippen LogP contribution in [0.5, 0.6) is 0 Å². The summed E-state index contributed by atoms with van der Waals surface area (Å²) in [6, 6.07) is 0. The molecule has 0 radical (unpaired) electrons. The molecule has 0 aromatic heterocycles. The molecule has 2 atom stereocenters. The molecule has 0 amide bonds. The van der Waals surface area contributed by atoms with Crippen LogP contribution in [0.15, 0.2) is 0 Å². The lowest BCUT2D eigenvalue weighted by Gasteiger charge is -2.29. The van der Waals surface area contributed by atoms with Gasteiger partial charge in [0.05, 0.1) is 5.60 Å². The fraction of sp³-hybridized carbons (Fsp3) is 0.875. The van der Waals surface area contributed by atoms with Crippen LogP contribution in [0.2, 0.25) is 0 Å². The molecule has 1 aliphatic rings. The fourth-order valence-electron chi connectivity index (χ4n) is 1.33. The van der Waals surface area contributed by atoms with Gasteiger partial charge in [-0.05, 0) is 19.8 Å². The van der Waals surface area contributed by atoms with Crippen molar-refractivity contribution in [1.82, 2.24) is 0 Å². The van der Waals surface area contributed by atoms with Crippen LogP contribution in [0.4, 0.5) is 0 Å². The van der Waals surface area contributed by atoms with Crippen molar-refractivity contribution in [2.24, 2.45) is 5.92 Å². The van der Waals surface area contributed by atoms with E-state index >= 15 is 0 Å². The van der Waals surface area contributed by atoms with Crippen molar-refractivity contribution in [1.29, 1.82) is 0 Å². The van der Waals surface area contributed by atoms with Crippen LogP contribution in [0.25, 0.3) is 0 Å². The molecule has 0 aromatic rings. The molecule has 2 heteroatoms. The highest BCUT2D eigenvalue weighted by Gasteiger charge is 2.32. The number of carbonyl (C=O) groups is 1. The molecule has 2 nitrogen and oxygen atoms in total. The number of aliphatic hydroxyl groups is 1. The third-order valence-corrected chi connectivity index (χ3v) is 2.22. The molecule has 0 heterocycles. The second-order valence-corrected chi connectivity index (χ2v) is 3.58. The summed E-state index contributed by atoms with van der Waals surface area (Å²) in [4.78, 5) is 11.0. The smallest absolute Gasteiger partial charge is 0.138 e. The third-order valence-electron chi connectivity index (χ3n) is 2.22. The predicted molar refractivity (Wildman–Crippen MR) is 38.6 cm³/mol. The van der Waals surface area contributed by atoms with Crippen LogP contribution in [-0.2, 0) is 4.79 Å². The van der Waals surface area contributed by atoms with Gasteiger partial charge in [0, 0.05) is 12.3 Å². The lowest BCUT2D eigenvalue weighted by Crippen LogP contribution is -2.35. The Balaban J connectivity index is 2.57. The van der Waals surface area contributed by atoms with E-state index in [1.54, 1.807) is 6.92 Å².